The highest BCUT2D eigenvalue weighted by Gasteiger charge is 2.40. The number of H-pyrrole nitrogens is 1. The van der Waals surface area contributed by atoms with E-state index in [4.69, 9.17) is 10.5 Å². The number of rotatable bonds is 5. The molecule has 7 heteroatoms. The monoisotopic (exact) mass is 364 g/mol. The highest BCUT2D eigenvalue weighted by molar-refractivity contribution is 5.67. The number of amides is 1. The molecule has 1 aromatic heterocycles. The molecule has 1 aliphatic rings. The van der Waals surface area contributed by atoms with Crippen molar-refractivity contribution in [2.75, 3.05) is 13.2 Å². The Balaban J connectivity index is 1.82. The third-order valence-electron chi connectivity index (χ3n) is 5.06. The number of alkyl carbamates (subject to hydrolysis) is 1. The van der Waals surface area contributed by atoms with Crippen LogP contribution in [0.5, 0.6) is 0 Å². The zero-order valence-corrected chi connectivity index (χ0v) is 16.6. The fourth-order valence-corrected chi connectivity index (χ4v) is 4.48. The third kappa shape index (κ3) is 5.56. The predicted octanol–water partition coefficient (Wildman–Crippen LogP) is 2.20. The topological polar surface area (TPSA) is 110 Å². The standard InChI is InChI=1S/C19H32N4O3/c1-12-15(16(24)23-13(2)22-12)6-7-26-17(25)21-11-19(5)9-14(20)8-18(3,4)10-19/h14H,6-11,20H2,1-5H3,(H,21,25)(H,22,23,24). The first kappa shape index (κ1) is 20.4. The van der Waals surface area contributed by atoms with Gasteiger partial charge >= 0.3 is 6.09 Å². The Labute approximate surface area is 155 Å². The summed E-state index contributed by atoms with van der Waals surface area (Å²) < 4.78 is 5.24. The Kier molecular flexibility index (Phi) is 6.11. The van der Waals surface area contributed by atoms with Crippen molar-refractivity contribution in [2.45, 2.75) is 66.3 Å². The van der Waals surface area contributed by atoms with Crippen LogP contribution in [0.25, 0.3) is 0 Å². The molecule has 0 spiro atoms. The Morgan fingerprint density at radius 3 is 2.65 bits per heavy atom. The van der Waals surface area contributed by atoms with Gasteiger partial charge in [-0.25, -0.2) is 9.78 Å². The van der Waals surface area contributed by atoms with Gasteiger partial charge in [-0.1, -0.05) is 20.8 Å². The number of nitrogens with two attached hydrogens (primary N) is 1. The van der Waals surface area contributed by atoms with E-state index in [1.165, 1.54) is 0 Å². The van der Waals surface area contributed by atoms with Gasteiger partial charge in [-0.15, -0.1) is 0 Å². The van der Waals surface area contributed by atoms with E-state index in [2.05, 4.69) is 36.1 Å². The molecule has 2 rings (SSSR count). The summed E-state index contributed by atoms with van der Waals surface area (Å²) >= 11 is 0. The van der Waals surface area contributed by atoms with Gasteiger partial charge in [-0.3, -0.25) is 4.79 Å². The Morgan fingerprint density at radius 2 is 2.04 bits per heavy atom. The second-order valence-electron chi connectivity index (χ2n) is 8.77. The van der Waals surface area contributed by atoms with Crippen LogP contribution < -0.4 is 16.6 Å². The minimum absolute atomic E-state index is 0.0329. The molecule has 146 valence electrons. The predicted molar refractivity (Wildman–Crippen MR) is 101 cm³/mol. The number of aromatic amines is 1. The molecule has 1 aliphatic carbocycles. The molecule has 0 saturated heterocycles. The summed E-state index contributed by atoms with van der Waals surface area (Å²) in [6, 6.07) is 0.158. The number of hydrogen-bond donors (Lipinski definition) is 3. The van der Waals surface area contributed by atoms with E-state index < -0.39 is 6.09 Å². The zero-order chi connectivity index (χ0) is 19.5. The van der Waals surface area contributed by atoms with Gasteiger partial charge in [0.25, 0.3) is 5.56 Å². The van der Waals surface area contributed by atoms with E-state index in [0.717, 1.165) is 19.3 Å². The van der Waals surface area contributed by atoms with Crippen molar-refractivity contribution < 1.29 is 9.53 Å². The van der Waals surface area contributed by atoms with Crippen molar-refractivity contribution in [1.82, 2.24) is 15.3 Å². The first-order valence-corrected chi connectivity index (χ1v) is 9.22. The molecule has 7 nitrogen and oxygen atoms in total. The van der Waals surface area contributed by atoms with Crippen molar-refractivity contribution in [3.05, 3.63) is 27.4 Å². The quantitative estimate of drug-likeness (QED) is 0.742. The van der Waals surface area contributed by atoms with Gasteiger partial charge in [-0.05, 0) is 43.9 Å². The smallest absolute Gasteiger partial charge is 0.407 e. The van der Waals surface area contributed by atoms with Gasteiger partial charge in [0.2, 0.25) is 0 Å². The number of carbonyl (C=O) groups excluding carboxylic acids is 1. The van der Waals surface area contributed by atoms with E-state index in [0.29, 0.717) is 30.0 Å². The molecule has 4 N–H and O–H groups in total. The zero-order valence-electron chi connectivity index (χ0n) is 16.6. The Hall–Kier alpha value is -1.89. The summed E-state index contributed by atoms with van der Waals surface area (Å²) in [5, 5.41) is 2.86. The van der Waals surface area contributed by atoms with Crippen LogP contribution in [0.15, 0.2) is 4.79 Å². The van der Waals surface area contributed by atoms with Crippen LogP contribution in [0, 0.1) is 24.7 Å². The molecule has 0 bridgehead atoms. The van der Waals surface area contributed by atoms with Crippen LogP contribution in [-0.4, -0.2) is 35.3 Å². The van der Waals surface area contributed by atoms with Gasteiger partial charge in [0, 0.05) is 30.3 Å². The maximum Gasteiger partial charge on any atom is 0.407 e. The summed E-state index contributed by atoms with van der Waals surface area (Å²) in [5.74, 6) is 0.580. The van der Waals surface area contributed by atoms with Crippen molar-refractivity contribution in [1.29, 1.82) is 0 Å². The molecule has 26 heavy (non-hydrogen) atoms. The number of nitrogens with one attached hydrogen (secondary N) is 2. The first-order chi connectivity index (χ1) is 12.0. The molecular formula is C19H32N4O3. The second kappa shape index (κ2) is 7.78. The summed E-state index contributed by atoms with van der Waals surface area (Å²) in [7, 11) is 0. The van der Waals surface area contributed by atoms with Crippen LogP contribution in [0.4, 0.5) is 4.79 Å². The highest BCUT2D eigenvalue weighted by Crippen LogP contribution is 2.45. The SMILES string of the molecule is Cc1nc(C)c(CCOC(=O)NCC2(C)CC(N)CC(C)(C)C2)c(=O)[nH]1. The van der Waals surface area contributed by atoms with Crippen LogP contribution in [0.3, 0.4) is 0 Å². The molecule has 1 heterocycles. The fourth-order valence-electron chi connectivity index (χ4n) is 4.48. The Morgan fingerprint density at radius 1 is 1.35 bits per heavy atom. The average Bonchev–Trinajstić information content (AvgIpc) is 2.45. The van der Waals surface area contributed by atoms with Gasteiger partial charge in [0.05, 0.1) is 6.61 Å². The average molecular weight is 364 g/mol. The summed E-state index contributed by atoms with van der Waals surface area (Å²) in [6.45, 7) is 10.8. The van der Waals surface area contributed by atoms with Gasteiger partial charge in [0.15, 0.2) is 0 Å². The molecule has 0 aromatic carbocycles. The summed E-state index contributed by atoms with van der Waals surface area (Å²) in [6.07, 6.45) is 2.79. The van der Waals surface area contributed by atoms with Crippen LogP contribution in [-0.2, 0) is 11.2 Å². The third-order valence-corrected chi connectivity index (χ3v) is 5.06. The van der Waals surface area contributed by atoms with Crippen LogP contribution in [0.1, 0.15) is 57.1 Å². The number of ether oxygens (including phenoxy) is 1. The molecular weight excluding hydrogens is 332 g/mol. The van der Waals surface area contributed by atoms with E-state index >= 15 is 0 Å². The van der Waals surface area contributed by atoms with E-state index in [1.54, 1.807) is 13.8 Å². The lowest BCUT2D eigenvalue weighted by molar-refractivity contribution is 0.0779. The second-order valence-corrected chi connectivity index (χ2v) is 8.77. The van der Waals surface area contributed by atoms with Gasteiger partial charge < -0.3 is 20.8 Å². The Bertz CT molecular complexity index is 713. The molecule has 1 fully saturated rings. The summed E-state index contributed by atoms with van der Waals surface area (Å²) in [5.41, 5.74) is 7.38. The van der Waals surface area contributed by atoms with Gasteiger partial charge in [-0.2, -0.15) is 0 Å². The maximum atomic E-state index is 12.0. The molecule has 1 aromatic rings. The minimum Gasteiger partial charge on any atom is -0.449 e. The van der Waals surface area contributed by atoms with Crippen LogP contribution in [0.2, 0.25) is 0 Å². The normalized spacial score (nSPS) is 24.9. The first-order valence-electron chi connectivity index (χ1n) is 9.22. The number of aromatic nitrogens is 2. The minimum atomic E-state index is -0.461. The molecule has 2 unspecified atom stereocenters. The van der Waals surface area contributed by atoms with Crippen molar-refractivity contribution in [3.63, 3.8) is 0 Å². The van der Waals surface area contributed by atoms with Crippen LogP contribution >= 0.6 is 0 Å². The molecule has 1 saturated carbocycles. The largest absolute Gasteiger partial charge is 0.449 e. The number of aryl methyl sites for hydroxylation is 2. The molecule has 0 radical (unpaired) electrons. The number of carbonyl (C=O) groups is 1. The van der Waals surface area contributed by atoms with E-state index in [-0.39, 0.29) is 29.0 Å². The highest BCUT2D eigenvalue weighted by atomic mass is 16.5. The number of hydrogen-bond acceptors (Lipinski definition) is 5. The van der Waals surface area contributed by atoms with Gasteiger partial charge in [0.1, 0.15) is 5.82 Å². The lowest BCUT2D eigenvalue weighted by Gasteiger charge is -2.45. The van der Waals surface area contributed by atoms with Crippen molar-refractivity contribution >= 4 is 6.09 Å². The van der Waals surface area contributed by atoms with E-state index in [1.807, 2.05) is 0 Å². The molecule has 0 aliphatic heterocycles. The lowest BCUT2D eigenvalue weighted by atomic mass is 9.63. The lowest BCUT2D eigenvalue weighted by Crippen LogP contribution is -2.47. The summed E-state index contributed by atoms with van der Waals surface area (Å²) in [4.78, 5) is 30.9. The molecule has 2 atom stereocenters. The fraction of sp³-hybridized carbons (Fsp3) is 0.737. The van der Waals surface area contributed by atoms with E-state index in [9.17, 15) is 9.59 Å². The van der Waals surface area contributed by atoms with Crippen molar-refractivity contribution in [3.8, 4) is 0 Å². The number of nitrogens with zero attached hydrogens (tertiary/aromatic N) is 1. The van der Waals surface area contributed by atoms with Crippen molar-refractivity contribution in [2.24, 2.45) is 16.6 Å². The maximum absolute atomic E-state index is 12.0. The molecule has 1 amide bonds.